The number of rotatable bonds is 14. The van der Waals surface area contributed by atoms with E-state index in [1.807, 2.05) is 35.9 Å². The summed E-state index contributed by atoms with van der Waals surface area (Å²) in [4.78, 5) is 23.1. The van der Waals surface area contributed by atoms with Gasteiger partial charge in [-0.3, -0.25) is 4.79 Å². The molecule has 3 rings (SSSR count). The SMILES string of the molecule is CCCSc1nc(NCCOCC)c2cnn(CCNC(=O)c3ccccc3SCC)c2n1. The van der Waals surface area contributed by atoms with Crippen LogP contribution in [-0.2, 0) is 11.3 Å². The number of aromatic nitrogens is 4. The van der Waals surface area contributed by atoms with Crippen LogP contribution in [0.3, 0.4) is 0 Å². The number of fused-ring (bicyclic) bond motifs is 1. The van der Waals surface area contributed by atoms with Crippen molar-refractivity contribution < 1.29 is 9.53 Å². The van der Waals surface area contributed by atoms with Gasteiger partial charge in [0, 0.05) is 30.3 Å². The molecule has 0 spiro atoms. The third-order valence-electron chi connectivity index (χ3n) is 4.69. The third kappa shape index (κ3) is 7.09. The van der Waals surface area contributed by atoms with Gasteiger partial charge in [0.2, 0.25) is 0 Å². The predicted molar refractivity (Wildman–Crippen MR) is 136 cm³/mol. The standard InChI is InChI=1S/C23H32N6O2S2/c1-4-15-33-23-27-20(24-12-14-31-5-2)18-16-26-29(21(18)28-23)13-11-25-22(30)17-9-7-8-10-19(17)32-6-3/h7-10,16H,4-6,11-15H2,1-3H3,(H,25,30)(H,24,27,28). The quantitative estimate of drug-likeness (QED) is 0.197. The van der Waals surface area contributed by atoms with Gasteiger partial charge in [0.05, 0.1) is 30.3 Å². The maximum atomic E-state index is 12.7. The van der Waals surface area contributed by atoms with Crippen LogP contribution in [0.1, 0.15) is 37.6 Å². The van der Waals surface area contributed by atoms with E-state index in [4.69, 9.17) is 9.72 Å². The Bertz CT molecular complexity index is 1040. The molecular formula is C23H32N6O2S2. The Hall–Kier alpha value is -2.30. The van der Waals surface area contributed by atoms with Crippen LogP contribution in [0.25, 0.3) is 11.0 Å². The average Bonchev–Trinajstić information content (AvgIpc) is 3.24. The van der Waals surface area contributed by atoms with Crippen LogP contribution in [0.5, 0.6) is 0 Å². The van der Waals surface area contributed by atoms with Crippen molar-refractivity contribution in [3.63, 3.8) is 0 Å². The van der Waals surface area contributed by atoms with E-state index in [0.717, 1.165) is 44.8 Å². The number of benzene rings is 1. The van der Waals surface area contributed by atoms with Crippen LogP contribution in [-0.4, -0.2) is 63.5 Å². The van der Waals surface area contributed by atoms with E-state index in [9.17, 15) is 4.79 Å². The summed E-state index contributed by atoms with van der Waals surface area (Å²) in [6.07, 6.45) is 2.82. The van der Waals surface area contributed by atoms with Gasteiger partial charge in [-0.25, -0.2) is 14.6 Å². The summed E-state index contributed by atoms with van der Waals surface area (Å²) in [6.45, 7) is 9.12. The van der Waals surface area contributed by atoms with Gasteiger partial charge in [-0.2, -0.15) is 5.10 Å². The number of hydrogen-bond acceptors (Lipinski definition) is 8. The van der Waals surface area contributed by atoms with Crippen LogP contribution in [0, 0.1) is 0 Å². The molecule has 10 heteroatoms. The minimum atomic E-state index is -0.0740. The van der Waals surface area contributed by atoms with Crippen molar-refractivity contribution in [1.82, 2.24) is 25.1 Å². The van der Waals surface area contributed by atoms with Gasteiger partial charge < -0.3 is 15.4 Å². The van der Waals surface area contributed by atoms with Crippen molar-refractivity contribution in [2.45, 2.75) is 43.8 Å². The molecule has 0 radical (unpaired) electrons. The maximum Gasteiger partial charge on any atom is 0.252 e. The van der Waals surface area contributed by atoms with E-state index in [0.29, 0.717) is 38.4 Å². The van der Waals surface area contributed by atoms with Crippen molar-refractivity contribution in [1.29, 1.82) is 0 Å². The molecule has 0 atom stereocenters. The van der Waals surface area contributed by atoms with Crippen molar-refractivity contribution in [3.8, 4) is 0 Å². The molecule has 2 aromatic heterocycles. The zero-order valence-electron chi connectivity index (χ0n) is 19.5. The zero-order chi connectivity index (χ0) is 23.5. The van der Waals surface area contributed by atoms with Crippen molar-refractivity contribution in [2.75, 3.05) is 43.1 Å². The molecule has 0 aliphatic heterocycles. The van der Waals surface area contributed by atoms with Crippen LogP contribution in [0.4, 0.5) is 5.82 Å². The first-order valence-electron chi connectivity index (χ1n) is 11.4. The molecule has 8 nitrogen and oxygen atoms in total. The van der Waals surface area contributed by atoms with E-state index in [2.05, 4.69) is 34.6 Å². The van der Waals surface area contributed by atoms with Gasteiger partial charge in [-0.15, -0.1) is 11.8 Å². The summed E-state index contributed by atoms with van der Waals surface area (Å²) in [5, 5.41) is 12.5. The van der Waals surface area contributed by atoms with E-state index in [-0.39, 0.29) is 5.91 Å². The first-order chi connectivity index (χ1) is 16.2. The molecular weight excluding hydrogens is 456 g/mol. The number of carbonyl (C=O) groups excluding carboxylic acids is 1. The molecule has 0 fully saturated rings. The number of nitrogens with one attached hydrogen (secondary N) is 2. The fourth-order valence-corrected chi connectivity index (χ4v) is 4.68. The van der Waals surface area contributed by atoms with Gasteiger partial charge in [0.1, 0.15) is 5.82 Å². The normalized spacial score (nSPS) is 11.1. The number of hydrogen-bond donors (Lipinski definition) is 2. The Kier molecular flexibility index (Phi) is 10.3. The molecule has 0 bridgehead atoms. The van der Waals surface area contributed by atoms with Crippen molar-refractivity contribution in [3.05, 3.63) is 36.0 Å². The Morgan fingerprint density at radius 2 is 1.97 bits per heavy atom. The summed E-state index contributed by atoms with van der Waals surface area (Å²) in [5.41, 5.74) is 1.47. The predicted octanol–water partition coefficient (Wildman–Crippen LogP) is 4.32. The molecule has 3 aromatic rings. The Morgan fingerprint density at radius 1 is 1.12 bits per heavy atom. The van der Waals surface area contributed by atoms with Crippen LogP contribution < -0.4 is 10.6 Å². The first kappa shape index (κ1) is 25.3. The second-order valence-corrected chi connectivity index (χ2v) is 9.48. The molecule has 0 aliphatic carbocycles. The number of amides is 1. The average molecular weight is 489 g/mol. The van der Waals surface area contributed by atoms with Crippen molar-refractivity contribution >= 4 is 46.3 Å². The molecule has 0 unspecified atom stereocenters. The molecule has 33 heavy (non-hydrogen) atoms. The van der Waals surface area contributed by atoms with Gasteiger partial charge >= 0.3 is 0 Å². The smallest absolute Gasteiger partial charge is 0.252 e. The van der Waals surface area contributed by atoms with E-state index in [1.54, 1.807) is 29.7 Å². The van der Waals surface area contributed by atoms with E-state index < -0.39 is 0 Å². The highest BCUT2D eigenvalue weighted by Crippen LogP contribution is 2.25. The summed E-state index contributed by atoms with van der Waals surface area (Å²) in [5.74, 6) is 2.56. The summed E-state index contributed by atoms with van der Waals surface area (Å²) >= 11 is 3.30. The lowest BCUT2D eigenvalue weighted by Gasteiger charge is -2.11. The summed E-state index contributed by atoms with van der Waals surface area (Å²) in [6, 6.07) is 7.69. The van der Waals surface area contributed by atoms with Gasteiger partial charge in [0.25, 0.3) is 5.91 Å². The lowest BCUT2D eigenvalue weighted by molar-refractivity contribution is 0.0949. The summed E-state index contributed by atoms with van der Waals surface area (Å²) in [7, 11) is 0. The lowest BCUT2D eigenvalue weighted by atomic mass is 10.2. The molecule has 2 N–H and O–H groups in total. The molecule has 0 saturated heterocycles. The Morgan fingerprint density at radius 3 is 2.76 bits per heavy atom. The van der Waals surface area contributed by atoms with Crippen LogP contribution in [0.15, 0.2) is 40.5 Å². The molecule has 2 heterocycles. The monoisotopic (exact) mass is 488 g/mol. The molecule has 0 saturated carbocycles. The van der Waals surface area contributed by atoms with Crippen LogP contribution in [0.2, 0.25) is 0 Å². The van der Waals surface area contributed by atoms with Gasteiger partial charge in [0.15, 0.2) is 10.8 Å². The molecule has 0 aliphatic rings. The van der Waals surface area contributed by atoms with Crippen molar-refractivity contribution in [2.24, 2.45) is 0 Å². The third-order valence-corrected chi connectivity index (χ3v) is 6.70. The molecule has 1 amide bonds. The molecule has 178 valence electrons. The first-order valence-corrected chi connectivity index (χ1v) is 13.3. The van der Waals surface area contributed by atoms with Gasteiger partial charge in [-0.05, 0) is 31.2 Å². The zero-order valence-corrected chi connectivity index (χ0v) is 21.1. The second kappa shape index (κ2) is 13.4. The summed E-state index contributed by atoms with van der Waals surface area (Å²) < 4.78 is 7.26. The maximum absolute atomic E-state index is 12.7. The second-order valence-electron chi connectivity index (χ2n) is 7.12. The van der Waals surface area contributed by atoms with Crippen LogP contribution >= 0.6 is 23.5 Å². The highest BCUT2D eigenvalue weighted by atomic mass is 32.2. The minimum Gasteiger partial charge on any atom is -0.380 e. The number of ether oxygens (including phenoxy) is 1. The number of thioether (sulfide) groups is 2. The fraction of sp³-hybridized carbons (Fsp3) is 0.478. The number of anilines is 1. The lowest BCUT2D eigenvalue weighted by Crippen LogP contribution is -2.28. The Labute approximate surface area is 203 Å². The number of carbonyl (C=O) groups is 1. The minimum absolute atomic E-state index is 0.0740. The topological polar surface area (TPSA) is 94.0 Å². The largest absolute Gasteiger partial charge is 0.380 e. The van der Waals surface area contributed by atoms with E-state index >= 15 is 0 Å². The Balaban J connectivity index is 1.71. The highest BCUT2D eigenvalue weighted by Gasteiger charge is 2.14. The van der Waals surface area contributed by atoms with E-state index in [1.165, 1.54) is 0 Å². The highest BCUT2D eigenvalue weighted by molar-refractivity contribution is 7.99. The van der Waals surface area contributed by atoms with Gasteiger partial charge in [-0.1, -0.05) is 37.7 Å². The fourth-order valence-electron chi connectivity index (χ4n) is 3.18. The molecule has 1 aromatic carbocycles. The number of nitrogens with zero attached hydrogens (tertiary/aromatic N) is 4.